The van der Waals surface area contributed by atoms with E-state index in [1.54, 1.807) is 0 Å². The zero-order valence-electron chi connectivity index (χ0n) is 21.0. The summed E-state index contributed by atoms with van der Waals surface area (Å²) < 4.78 is 67.8. The number of nitrogens with two attached hydrogens (primary N) is 3. The molecular weight excluding hydrogens is 507 g/mol. The highest BCUT2D eigenvalue weighted by Crippen LogP contribution is 2.41. The van der Waals surface area contributed by atoms with Crippen molar-refractivity contribution in [3.05, 3.63) is 0 Å². The van der Waals surface area contributed by atoms with Gasteiger partial charge in [0.2, 0.25) is 0 Å². The Bertz CT molecular complexity index is 335. The van der Waals surface area contributed by atoms with Crippen LogP contribution in [0.5, 0.6) is 0 Å². The highest BCUT2D eigenvalue weighted by Gasteiger charge is 2.17. The molecule has 0 saturated heterocycles. The maximum Gasteiger partial charge on any atom is 0.0572 e. The summed E-state index contributed by atoms with van der Waals surface area (Å²) in [6.45, 7) is 2.29. The number of rotatable bonds is 18. The lowest BCUT2D eigenvalue weighted by molar-refractivity contribution is 0.212. The molecule has 0 rings (SSSR count). The SMILES string of the molecule is COCCS(N)(F)CCOC.COCCS(N)(F)CCOC.COCCS(N)(F)CCOC. The first-order valence-electron chi connectivity index (χ1n) is 10.1. The molecule has 0 spiro atoms. The highest BCUT2D eigenvalue weighted by atomic mass is 32.3. The molecule has 0 radical (unpaired) electrons. The summed E-state index contributed by atoms with van der Waals surface area (Å²) in [5.41, 5.74) is 0. The summed E-state index contributed by atoms with van der Waals surface area (Å²) in [5.74, 6) is 1.79. The van der Waals surface area contributed by atoms with E-state index in [9.17, 15) is 11.7 Å². The first-order valence-corrected chi connectivity index (χ1v) is 15.9. The summed E-state index contributed by atoms with van der Waals surface area (Å²) in [6.07, 6.45) is 0. The van der Waals surface area contributed by atoms with Crippen LogP contribution in [-0.2, 0) is 28.4 Å². The molecule has 6 N–H and O–H groups in total. The molecule has 0 unspecified atom stereocenters. The Labute approximate surface area is 204 Å². The summed E-state index contributed by atoms with van der Waals surface area (Å²) in [4.78, 5) is 0. The van der Waals surface area contributed by atoms with E-state index in [0.29, 0.717) is 74.2 Å². The third kappa shape index (κ3) is 32.5. The van der Waals surface area contributed by atoms with Gasteiger partial charge in [-0.3, -0.25) is 15.4 Å². The molecule has 0 fully saturated rings. The Morgan fingerprint density at radius 2 is 0.515 bits per heavy atom. The minimum atomic E-state index is -2.46. The van der Waals surface area contributed by atoms with Crippen LogP contribution in [0.2, 0.25) is 0 Å². The van der Waals surface area contributed by atoms with Crippen molar-refractivity contribution in [2.24, 2.45) is 15.4 Å². The second-order valence-corrected chi connectivity index (χ2v) is 14.2. The molecule has 0 aromatic carbocycles. The number of hydrogen-bond donors (Lipinski definition) is 3. The van der Waals surface area contributed by atoms with Crippen LogP contribution < -0.4 is 15.4 Å². The average Bonchev–Trinajstić information content (AvgIpc) is 2.77. The van der Waals surface area contributed by atoms with E-state index in [2.05, 4.69) is 0 Å². The van der Waals surface area contributed by atoms with Crippen LogP contribution in [0.15, 0.2) is 0 Å². The third-order valence-electron chi connectivity index (χ3n) is 3.76. The number of hydrogen-bond acceptors (Lipinski definition) is 9. The van der Waals surface area contributed by atoms with E-state index in [-0.39, 0.29) is 0 Å². The molecular formula is C18H48F3N3O6S3. The molecule has 0 bridgehead atoms. The lowest BCUT2D eigenvalue weighted by Crippen LogP contribution is -2.19. The second kappa shape index (κ2) is 24.2. The van der Waals surface area contributed by atoms with E-state index in [1.807, 2.05) is 0 Å². The lowest BCUT2D eigenvalue weighted by Gasteiger charge is -2.24. The second-order valence-electron chi connectivity index (χ2n) is 6.72. The zero-order valence-corrected chi connectivity index (χ0v) is 23.5. The molecule has 0 aliphatic rings. The predicted octanol–water partition coefficient (Wildman–Crippen LogP) is 2.53. The monoisotopic (exact) mass is 555 g/mol. The van der Waals surface area contributed by atoms with Crippen molar-refractivity contribution in [2.45, 2.75) is 0 Å². The van der Waals surface area contributed by atoms with Crippen molar-refractivity contribution in [2.75, 3.05) is 117 Å². The van der Waals surface area contributed by atoms with E-state index in [4.69, 9.17) is 43.8 Å². The molecule has 0 aliphatic carbocycles. The van der Waals surface area contributed by atoms with Crippen LogP contribution in [0.25, 0.3) is 0 Å². The van der Waals surface area contributed by atoms with Gasteiger partial charge in [0.15, 0.2) is 0 Å². The molecule has 0 amide bonds. The van der Waals surface area contributed by atoms with Gasteiger partial charge in [-0.15, -0.1) is 0 Å². The topological polar surface area (TPSA) is 133 Å². The van der Waals surface area contributed by atoms with Crippen molar-refractivity contribution in [1.29, 1.82) is 0 Å². The maximum absolute atomic E-state index is 13.2. The van der Waals surface area contributed by atoms with Gasteiger partial charge in [-0.1, -0.05) is 0 Å². The molecule has 0 atom stereocenters. The van der Waals surface area contributed by atoms with Gasteiger partial charge in [0, 0.05) is 77.2 Å². The molecule has 0 heterocycles. The van der Waals surface area contributed by atoms with Gasteiger partial charge in [-0.25, -0.2) is 0 Å². The third-order valence-corrected chi connectivity index (χ3v) is 8.83. The standard InChI is InChI=1S/3C6H16FNO2S/c3*1-9-3-5-11(7,8)6-4-10-2/h3*3-6,8H2,1-2H3. The van der Waals surface area contributed by atoms with Gasteiger partial charge in [-0.2, -0.15) is 11.7 Å². The molecule has 0 aromatic rings. The van der Waals surface area contributed by atoms with E-state index in [0.717, 1.165) is 0 Å². The summed E-state index contributed by atoms with van der Waals surface area (Å²) >= 11 is 0. The van der Waals surface area contributed by atoms with Gasteiger partial charge in [-0.05, 0) is 31.8 Å². The molecule has 0 saturated carbocycles. The normalized spacial score (nSPS) is 13.5. The fourth-order valence-corrected chi connectivity index (χ4v) is 4.91. The summed E-state index contributed by atoms with van der Waals surface area (Å²) in [6, 6.07) is 0. The fourth-order valence-electron chi connectivity index (χ4n) is 1.64. The minimum Gasteiger partial charge on any atom is -0.384 e. The highest BCUT2D eigenvalue weighted by molar-refractivity contribution is 8.28. The van der Waals surface area contributed by atoms with Crippen LogP contribution in [-0.4, -0.2) is 117 Å². The number of methoxy groups -OCH3 is 6. The molecule has 0 aliphatic heterocycles. The Morgan fingerprint density at radius 1 is 0.394 bits per heavy atom. The largest absolute Gasteiger partial charge is 0.384 e. The van der Waals surface area contributed by atoms with Crippen molar-refractivity contribution >= 4 is 31.8 Å². The van der Waals surface area contributed by atoms with Gasteiger partial charge in [0.25, 0.3) is 0 Å². The smallest absolute Gasteiger partial charge is 0.0572 e. The van der Waals surface area contributed by atoms with E-state index < -0.39 is 31.8 Å². The zero-order chi connectivity index (χ0) is 26.2. The Hall–Kier alpha value is 0.480. The van der Waals surface area contributed by atoms with Crippen molar-refractivity contribution in [3.8, 4) is 0 Å². The first kappa shape index (κ1) is 38.0. The number of halogens is 3. The van der Waals surface area contributed by atoms with Gasteiger partial charge in [0.05, 0.1) is 39.6 Å². The van der Waals surface area contributed by atoms with Crippen molar-refractivity contribution in [3.63, 3.8) is 0 Å². The minimum absolute atomic E-state index is 0.298. The maximum atomic E-state index is 13.2. The Balaban J connectivity index is -0.000000409. The van der Waals surface area contributed by atoms with Crippen LogP contribution in [0.4, 0.5) is 11.7 Å². The first-order chi connectivity index (χ1) is 15.4. The molecule has 15 heteroatoms. The van der Waals surface area contributed by atoms with Crippen molar-refractivity contribution in [1.82, 2.24) is 0 Å². The van der Waals surface area contributed by atoms with Crippen LogP contribution >= 0.6 is 31.8 Å². The Morgan fingerprint density at radius 3 is 0.606 bits per heavy atom. The van der Waals surface area contributed by atoms with E-state index >= 15 is 0 Å². The van der Waals surface area contributed by atoms with Gasteiger partial charge < -0.3 is 28.4 Å². The Kier molecular flexibility index (Phi) is 27.9. The quantitative estimate of drug-likeness (QED) is 0.233. The van der Waals surface area contributed by atoms with Gasteiger partial charge in [0.1, 0.15) is 0 Å². The molecule has 33 heavy (non-hydrogen) atoms. The van der Waals surface area contributed by atoms with E-state index in [1.165, 1.54) is 42.7 Å². The lowest BCUT2D eigenvalue weighted by atomic mass is 10.8. The van der Waals surface area contributed by atoms with Gasteiger partial charge >= 0.3 is 0 Å². The predicted molar refractivity (Wildman–Crippen MR) is 139 cm³/mol. The summed E-state index contributed by atoms with van der Waals surface area (Å²) in [7, 11) is 1.83. The fraction of sp³-hybridized carbons (Fsp3) is 1.00. The van der Waals surface area contributed by atoms with Crippen molar-refractivity contribution < 1.29 is 40.1 Å². The van der Waals surface area contributed by atoms with Crippen LogP contribution in [0, 0.1) is 0 Å². The summed E-state index contributed by atoms with van der Waals surface area (Å²) in [5, 5.41) is 16.0. The molecule has 210 valence electrons. The number of ether oxygens (including phenoxy) is 6. The average molecular weight is 556 g/mol. The molecule has 9 nitrogen and oxygen atoms in total. The molecule has 0 aromatic heterocycles. The van der Waals surface area contributed by atoms with Crippen LogP contribution in [0.3, 0.4) is 0 Å². The van der Waals surface area contributed by atoms with Crippen LogP contribution in [0.1, 0.15) is 0 Å².